The predicted octanol–water partition coefficient (Wildman–Crippen LogP) is 3.81. The lowest BCUT2D eigenvalue weighted by Gasteiger charge is -2.20. The van der Waals surface area contributed by atoms with Crippen LogP contribution in [0.2, 0.25) is 0 Å². The Hall–Kier alpha value is -1.90. The minimum atomic E-state index is -3.60. The fourth-order valence-electron chi connectivity index (χ4n) is 2.56. The first kappa shape index (κ1) is 21.4. The highest BCUT2D eigenvalue weighted by Gasteiger charge is 2.24. The quantitative estimate of drug-likeness (QED) is 0.657. The van der Waals surface area contributed by atoms with Gasteiger partial charge in [-0.1, -0.05) is 41.9 Å². The Labute approximate surface area is 168 Å². The van der Waals surface area contributed by atoms with Crippen molar-refractivity contribution in [2.75, 3.05) is 25.0 Å². The molecule has 0 bridgehead atoms. The first-order chi connectivity index (χ1) is 12.8. The van der Waals surface area contributed by atoms with E-state index in [1.165, 1.54) is 10.4 Å². The number of carbonyl (C=O) groups is 1. The van der Waals surface area contributed by atoms with E-state index in [0.717, 1.165) is 4.47 Å². The van der Waals surface area contributed by atoms with Gasteiger partial charge >= 0.3 is 0 Å². The summed E-state index contributed by atoms with van der Waals surface area (Å²) in [5.74, 6) is 0.193. The first-order valence-corrected chi connectivity index (χ1v) is 10.8. The molecule has 0 heterocycles. The van der Waals surface area contributed by atoms with E-state index in [0.29, 0.717) is 30.1 Å². The lowest BCUT2D eigenvalue weighted by Crippen LogP contribution is -2.31. The van der Waals surface area contributed by atoms with Crippen LogP contribution < -0.4 is 10.1 Å². The molecule has 0 saturated carbocycles. The van der Waals surface area contributed by atoms with E-state index in [4.69, 9.17) is 4.74 Å². The highest BCUT2D eigenvalue weighted by atomic mass is 79.9. The highest BCUT2D eigenvalue weighted by molar-refractivity contribution is 9.10. The summed E-state index contributed by atoms with van der Waals surface area (Å²) in [5.41, 5.74) is 1.04. The van der Waals surface area contributed by atoms with Gasteiger partial charge in [0.05, 0.1) is 4.90 Å². The molecule has 8 heteroatoms. The maximum absolute atomic E-state index is 12.8. The Bertz CT molecular complexity index is 912. The molecule has 27 heavy (non-hydrogen) atoms. The lowest BCUT2D eigenvalue weighted by molar-refractivity contribution is -0.118. The van der Waals surface area contributed by atoms with Gasteiger partial charge in [-0.15, -0.1) is 0 Å². The molecule has 0 aromatic heterocycles. The number of nitrogens with one attached hydrogen (secondary N) is 1. The van der Waals surface area contributed by atoms with Gasteiger partial charge in [0, 0.05) is 23.2 Å². The average Bonchev–Trinajstić information content (AvgIpc) is 2.62. The van der Waals surface area contributed by atoms with Crippen molar-refractivity contribution in [3.05, 3.63) is 52.5 Å². The highest BCUT2D eigenvalue weighted by Crippen LogP contribution is 2.24. The number of hydrogen-bond acceptors (Lipinski definition) is 4. The minimum Gasteiger partial charge on any atom is -0.484 e. The Balaban J connectivity index is 2.12. The number of aryl methyl sites for hydroxylation is 1. The molecule has 2 rings (SSSR count). The molecule has 0 aliphatic rings. The first-order valence-electron chi connectivity index (χ1n) is 8.57. The van der Waals surface area contributed by atoms with Crippen LogP contribution in [0, 0.1) is 6.92 Å². The summed E-state index contributed by atoms with van der Waals surface area (Å²) in [4.78, 5) is 12.3. The van der Waals surface area contributed by atoms with Crippen molar-refractivity contribution in [2.24, 2.45) is 0 Å². The summed E-state index contributed by atoms with van der Waals surface area (Å²) in [7, 11) is -3.60. The summed E-state index contributed by atoms with van der Waals surface area (Å²) in [5, 5.41) is 2.68. The zero-order valence-corrected chi connectivity index (χ0v) is 17.9. The van der Waals surface area contributed by atoms with E-state index in [-0.39, 0.29) is 17.4 Å². The summed E-state index contributed by atoms with van der Waals surface area (Å²) >= 11 is 3.34. The second-order valence-electron chi connectivity index (χ2n) is 5.86. The van der Waals surface area contributed by atoms with Gasteiger partial charge in [0.1, 0.15) is 5.75 Å². The molecule has 2 aromatic rings. The predicted molar refractivity (Wildman–Crippen MR) is 110 cm³/mol. The number of ether oxygens (including phenoxy) is 1. The van der Waals surface area contributed by atoms with Gasteiger partial charge in [-0.3, -0.25) is 4.79 Å². The molecule has 0 aliphatic heterocycles. The molecular formula is C19H23BrN2O4S. The van der Waals surface area contributed by atoms with E-state index >= 15 is 0 Å². The number of rotatable bonds is 8. The van der Waals surface area contributed by atoms with Gasteiger partial charge in [-0.2, -0.15) is 4.31 Å². The zero-order chi connectivity index (χ0) is 20.0. The van der Waals surface area contributed by atoms with Crippen LogP contribution in [0.1, 0.15) is 19.4 Å². The summed E-state index contributed by atoms with van der Waals surface area (Å²) in [6, 6.07) is 12.0. The fraction of sp³-hybridized carbons (Fsp3) is 0.316. The smallest absolute Gasteiger partial charge is 0.262 e. The van der Waals surface area contributed by atoms with Crippen LogP contribution in [0.3, 0.4) is 0 Å². The Morgan fingerprint density at radius 2 is 1.85 bits per heavy atom. The van der Waals surface area contributed by atoms with Gasteiger partial charge in [-0.05, 0) is 42.8 Å². The standard InChI is InChI=1S/C19H23BrN2O4S/c1-4-22(5-2)27(24,25)18-12-16(10-9-14(18)3)21-19(23)13-26-17-8-6-7-15(20)11-17/h6-12H,4-5,13H2,1-3H3,(H,21,23). The fourth-order valence-corrected chi connectivity index (χ4v) is 4.65. The van der Waals surface area contributed by atoms with Gasteiger partial charge in [-0.25, -0.2) is 8.42 Å². The molecule has 2 aromatic carbocycles. The van der Waals surface area contributed by atoms with Crippen LogP contribution >= 0.6 is 15.9 Å². The van der Waals surface area contributed by atoms with Crippen LogP contribution in [0.25, 0.3) is 0 Å². The molecular weight excluding hydrogens is 432 g/mol. The van der Waals surface area contributed by atoms with Gasteiger partial charge < -0.3 is 10.1 Å². The molecule has 1 amide bonds. The second-order valence-corrected chi connectivity index (χ2v) is 8.69. The molecule has 0 aliphatic carbocycles. The number of anilines is 1. The molecule has 6 nitrogen and oxygen atoms in total. The van der Waals surface area contributed by atoms with E-state index in [9.17, 15) is 13.2 Å². The van der Waals surface area contributed by atoms with E-state index in [1.54, 1.807) is 45.0 Å². The van der Waals surface area contributed by atoms with E-state index < -0.39 is 10.0 Å². The van der Waals surface area contributed by atoms with Crippen molar-refractivity contribution in [1.29, 1.82) is 0 Å². The normalized spacial score (nSPS) is 11.4. The van der Waals surface area contributed by atoms with E-state index in [1.807, 2.05) is 12.1 Å². The van der Waals surface area contributed by atoms with Crippen LogP contribution in [-0.4, -0.2) is 38.3 Å². The molecule has 0 unspecified atom stereocenters. The Morgan fingerprint density at radius 1 is 1.15 bits per heavy atom. The topological polar surface area (TPSA) is 75.7 Å². The van der Waals surface area contributed by atoms with Crippen molar-refractivity contribution in [2.45, 2.75) is 25.7 Å². The van der Waals surface area contributed by atoms with E-state index in [2.05, 4.69) is 21.2 Å². The van der Waals surface area contributed by atoms with Crippen molar-refractivity contribution < 1.29 is 17.9 Å². The van der Waals surface area contributed by atoms with Gasteiger partial charge in [0.15, 0.2) is 6.61 Å². The van der Waals surface area contributed by atoms with Crippen LogP contribution in [0.15, 0.2) is 51.8 Å². The van der Waals surface area contributed by atoms with Crippen molar-refractivity contribution in [1.82, 2.24) is 4.31 Å². The van der Waals surface area contributed by atoms with Crippen molar-refractivity contribution >= 4 is 37.5 Å². The third-order valence-electron chi connectivity index (χ3n) is 3.96. The van der Waals surface area contributed by atoms with Gasteiger partial charge in [0.2, 0.25) is 10.0 Å². The number of nitrogens with zero attached hydrogens (tertiary/aromatic N) is 1. The number of carbonyl (C=O) groups excluding carboxylic acids is 1. The number of hydrogen-bond donors (Lipinski definition) is 1. The number of amides is 1. The molecule has 0 saturated heterocycles. The average molecular weight is 455 g/mol. The lowest BCUT2D eigenvalue weighted by atomic mass is 10.2. The summed E-state index contributed by atoms with van der Waals surface area (Å²) in [6.07, 6.45) is 0. The Morgan fingerprint density at radius 3 is 2.48 bits per heavy atom. The Kier molecular flexibility index (Phi) is 7.41. The molecule has 1 N–H and O–H groups in total. The molecule has 0 radical (unpaired) electrons. The van der Waals surface area contributed by atoms with Crippen molar-refractivity contribution in [3.63, 3.8) is 0 Å². The zero-order valence-electron chi connectivity index (χ0n) is 15.5. The van der Waals surface area contributed by atoms with Crippen LogP contribution in [-0.2, 0) is 14.8 Å². The molecule has 0 spiro atoms. The van der Waals surface area contributed by atoms with Gasteiger partial charge in [0.25, 0.3) is 5.91 Å². The third kappa shape index (κ3) is 5.54. The maximum Gasteiger partial charge on any atom is 0.262 e. The maximum atomic E-state index is 12.8. The SMILES string of the molecule is CCN(CC)S(=O)(=O)c1cc(NC(=O)COc2cccc(Br)c2)ccc1C. The minimum absolute atomic E-state index is 0.178. The molecule has 146 valence electrons. The second kappa shape index (κ2) is 9.34. The summed E-state index contributed by atoms with van der Waals surface area (Å²) in [6.45, 7) is 5.91. The van der Waals surface area contributed by atoms with Crippen molar-refractivity contribution in [3.8, 4) is 5.75 Å². The van der Waals surface area contributed by atoms with Crippen LogP contribution in [0.5, 0.6) is 5.75 Å². The number of benzene rings is 2. The number of sulfonamides is 1. The largest absolute Gasteiger partial charge is 0.484 e. The summed E-state index contributed by atoms with van der Waals surface area (Å²) < 4.78 is 33.2. The number of halogens is 1. The molecule has 0 fully saturated rings. The molecule has 0 atom stereocenters. The van der Waals surface area contributed by atoms with Crippen LogP contribution in [0.4, 0.5) is 5.69 Å². The monoisotopic (exact) mass is 454 g/mol. The third-order valence-corrected chi connectivity index (χ3v) is 6.65.